The van der Waals surface area contributed by atoms with Crippen LogP contribution in [0.1, 0.15) is 23.2 Å². The zero-order chi connectivity index (χ0) is 19.0. The molecule has 3 heterocycles. The monoisotopic (exact) mass is 369 g/mol. The summed E-state index contributed by atoms with van der Waals surface area (Å²) in [5.74, 6) is -0.634. The van der Waals surface area contributed by atoms with Crippen LogP contribution in [0.4, 0.5) is 10.1 Å². The average molecular weight is 369 g/mol. The van der Waals surface area contributed by atoms with E-state index in [2.05, 4.69) is 4.98 Å². The molecule has 2 aliphatic rings. The molecule has 0 saturated carbocycles. The molecule has 2 amide bonds. The number of hydrogen-bond donors (Lipinski definition) is 0. The number of piperidine rings is 1. The Hall–Kier alpha value is -2.80. The van der Waals surface area contributed by atoms with Gasteiger partial charge in [0.25, 0.3) is 11.8 Å². The van der Waals surface area contributed by atoms with Crippen molar-refractivity contribution in [1.82, 2.24) is 9.88 Å². The fourth-order valence-electron chi connectivity index (χ4n) is 4.19. The molecule has 0 aliphatic carbocycles. The van der Waals surface area contributed by atoms with E-state index in [1.54, 1.807) is 46.5 Å². The fraction of sp³-hybridized carbons (Fsp3) is 0.350. The van der Waals surface area contributed by atoms with Gasteiger partial charge in [0.1, 0.15) is 5.82 Å². The van der Waals surface area contributed by atoms with Crippen LogP contribution in [0, 0.1) is 5.82 Å². The highest BCUT2D eigenvalue weighted by Gasteiger charge is 2.62. The lowest BCUT2D eigenvalue weighted by Crippen LogP contribution is -2.78. The predicted molar refractivity (Wildman–Crippen MR) is 96.8 cm³/mol. The third-order valence-electron chi connectivity index (χ3n) is 5.51. The number of carbonyl (C=O) groups is 2. The van der Waals surface area contributed by atoms with E-state index >= 15 is 0 Å². The number of anilines is 1. The van der Waals surface area contributed by atoms with Crippen LogP contribution in [-0.2, 0) is 9.53 Å². The number of hydrogen-bond acceptors (Lipinski definition) is 4. The lowest BCUT2D eigenvalue weighted by molar-refractivity contribution is -0.150. The first-order chi connectivity index (χ1) is 13.1. The van der Waals surface area contributed by atoms with E-state index in [4.69, 9.17) is 4.74 Å². The van der Waals surface area contributed by atoms with Gasteiger partial charge in [0.05, 0.1) is 11.1 Å². The second kappa shape index (κ2) is 6.74. The molecule has 2 aliphatic heterocycles. The fourth-order valence-corrected chi connectivity index (χ4v) is 4.19. The summed E-state index contributed by atoms with van der Waals surface area (Å²) in [6, 6.07) is 9.50. The maximum atomic E-state index is 13.7. The molecule has 7 heteroatoms. The number of β-lactam (4-membered cyclic amide) rings is 1. The molecular formula is C20H20FN3O3. The summed E-state index contributed by atoms with van der Waals surface area (Å²) in [7, 11) is 1.51. The highest BCUT2D eigenvalue weighted by molar-refractivity contribution is 6.07. The zero-order valence-corrected chi connectivity index (χ0v) is 15.0. The molecule has 2 aromatic rings. The number of halogens is 1. The molecule has 4 rings (SSSR count). The van der Waals surface area contributed by atoms with Crippen LogP contribution >= 0.6 is 0 Å². The number of rotatable bonds is 3. The van der Waals surface area contributed by atoms with E-state index in [1.807, 2.05) is 0 Å². The maximum absolute atomic E-state index is 13.7. The Morgan fingerprint density at radius 1 is 1.26 bits per heavy atom. The van der Waals surface area contributed by atoms with Crippen molar-refractivity contribution in [2.24, 2.45) is 0 Å². The van der Waals surface area contributed by atoms with Crippen molar-refractivity contribution < 1.29 is 18.7 Å². The zero-order valence-electron chi connectivity index (χ0n) is 15.0. The normalized spacial score (nSPS) is 21.3. The molecule has 1 aromatic carbocycles. The molecule has 0 N–H and O–H groups in total. The number of ether oxygens (including phenoxy) is 1. The summed E-state index contributed by atoms with van der Waals surface area (Å²) in [6.07, 6.45) is 3.74. The van der Waals surface area contributed by atoms with Gasteiger partial charge in [0.2, 0.25) is 0 Å². The SMILES string of the molecule is COC1C(=O)N(c2cccc(F)c2)C12CCN(C(=O)c1cccnc1)CC2. The van der Waals surface area contributed by atoms with Crippen LogP contribution < -0.4 is 4.90 Å². The largest absolute Gasteiger partial charge is 0.369 e. The maximum Gasteiger partial charge on any atom is 0.259 e. The lowest BCUT2D eigenvalue weighted by atomic mass is 9.72. The summed E-state index contributed by atoms with van der Waals surface area (Å²) in [5.41, 5.74) is 0.523. The predicted octanol–water partition coefficient (Wildman–Crippen LogP) is 2.26. The second-order valence-electron chi connectivity index (χ2n) is 6.91. The van der Waals surface area contributed by atoms with E-state index in [0.717, 1.165) is 0 Å². The van der Waals surface area contributed by atoms with Crippen LogP contribution in [-0.4, -0.2) is 53.5 Å². The van der Waals surface area contributed by atoms with Crippen molar-refractivity contribution >= 4 is 17.5 Å². The van der Waals surface area contributed by atoms with Gasteiger partial charge in [0, 0.05) is 38.3 Å². The highest BCUT2D eigenvalue weighted by atomic mass is 19.1. The molecule has 140 valence electrons. The molecule has 0 radical (unpaired) electrons. The Labute approximate surface area is 156 Å². The van der Waals surface area contributed by atoms with Gasteiger partial charge in [0.15, 0.2) is 6.10 Å². The Morgan fingerprint density at radius 2 is 2.04 bits per heavy atom. The molecule has 2 saturated heterocycles. The summed E-state index contributed by atoms with van der Waals surface area (Å²) < 4.78 is 19.1. The summed E-state index contributed by atoms with van der Waals surface area (Å²) >= 11 is 0. The van der Waals surface area contributed by atoms with Crippen LogP contribution in [0.2, 0.25) is 0 Å². The minimum absolute atomic E-state index is 0.0742. The molecule has 27 heavy (non-hydrogen) atoms. The van der Waals surface area contributed by atoms with E-state index in [1.165, 1.54) is 19.2 Å². The van der Waals surface area contributed by atoms with Crippen LogP contribution in [0.25, 0.3) is 0 Å². The van der Waals surface area contributed by atoms with Crippen molar-refractivity contribution in [2.45, 2.75) is 24.5 Å². The Kier molecular flexibility index (Phi) is 4.39. The number of pyridine rings is 1. The minimum atomic E-state index is -0.573. The Balaban J connectivity index is 1.56. The lowest BCUT2D eigenvalue weighted by Gasteiger charge is -2.59. The second-order valence-corrected chi connectivity index (χ2v) is 6.91. The quantitative estimate of drug-likeness (QED) is 0.779. The third kappa shape index (κ3) is 2.78. The first kappa shape index (κ1) is 17.6. The van der Waals surface area contributed by atoms with Crippen molar-refractivity contribution in [3.8, 4) is 0 Å². The number of aromatic nitrogens is 1. The topological polar surface area (TPSA) is 62.7 Å². The van der Waals surface area contributed by atoms with E-state index < -0.39 is 11.6 Å². The van der Waals surface area contributed by atoms with Gasteiger partial charge in [-0.1, -0.05) is 6.07 Å². The standard InChI is InChI=1S/C20H20FN3O3/c1-27-17-19(26)24(16-6-2-5-15(21)12-16)20(17)7-10-23(11-8-20)18(25)14-4-3-9-22-13-14/h2-6,9,12-13,17H,7-8,10-11H2,1H3. The Morgan fingerprint density at radius 3 is 2.67 bits per heavy atom. The molecule has 6 nitrogen and oxygen atoms in total. The van der Waals surface area contributed by atoms with Crippen molar-refractivity contribution in [2.75, 3.05) is 25.1 Å². The first-order valence-corrected chi connectivity index (χ1v) is 8.88. The van der Waals surface area contributed by atoms with Crippen LogP contribution in [0.5, 0.6) is 0 Å². The Bertz CT molecular complexity index is 866. The number of amides is 2. The number of carbonyl (C=O) groups excluding carboxylic acids is 2. The molecule has 1 unspecified atom stereocenters. The summed E-state index contributed by atoms with van der Waals surface area (Å²) in [4.78, 5) is 32.7. The van der Waals surface area contributed by atoms with Crippen molar-refractivity contribution in [1.29, 1.82) is 0 Å². The van der Waals surface area contributed by atoms with Gasteiger partial charge in [-0.25, -0.2) is 4.39 Å². The average Bonchev–Trinajstić information content (AvgIpc) is 2.69. The first-order valence-electron chi connectivity index (χ1n) is 8.88. The van der Waals surface area contributed by atoms with Crippen molar-refractivity contribution in [3.63, 3.8) is 0 Å². The molecule has 1 aromatic heterocycles. The summed E-state index contributed by atoms with van der Waals surface area (Å²) in [5, 5.41) is 0. The van der Waals surface area contributed by atoms with Gasteiger partial charge in [-0.2, -0.15) is 0 Å². The van der Waals surface area contributed by atoms with Gasteiger partial charge in [-0.05, 0) is 43.2 Å². The van der Waals surface area contributed by atoms with Gasteiger partial charge in [-0.15, -0.1) is 0 Å². The van der Waals surface area contributed by atoms with Gasteiger partial charge >= 0.3 is 0 Å². The number of benzene rings is 1. The minimum Gasteiger partial charge on any atom is -0.369 e. The summed E-state index contributed by atoms with van der Waals surface area (Å²) in [6.45, 7) is 0.985. The third-order valence-corrected chi connectivity index (χ3v) is 5.51. The van der Waals surface area contributed by atoms with E-state index in [-0.39, 0.29) is 17.6 Å². The van der Waals surface area contributed by atoms with Gasteiger partial charge in [-0.3, -0.25) is 14.6 Å². The van der Waals surface area contributed by atoms with Crippen LogP contribution in [0.15, 0.2) is 48.8 Å². The highest BCUT2D eigenvalue weighted by Crippen LogP contribution is 2.45. The van der Waals surface area contributed by atoms with Gasteiger partial charge < -0.3 is 14.5 Å². The molecule has 2 fully saturated rings. The number of likely N-dealkylation sites (tertiary alicyclic amines) is 1. The van der Waals surface area contributed by atoms with Crippen LogP contribution in [0.3, 0.4) is 0 Å². The number of methoxy groups -OCH3 is 1. The molecular weight excluding hydrogens is 349 g/mol. The van der Waals surface area contributed by atoms with E-state index in [9.17, 15) is 14.0 Å². The molecule has 1 spiro atoms. The molecule has 0 bridgehead atoms. The van der Waals surface area contributed by atoms with Crippen molar-refractivity contribution in [3.05, 3.63) is 60.2 Å². The molecule has 1 atom stereocenters. The smallest absolute Gasteiger partial charge is 0.259 e. The van der Waals surface area contributed by atoms with E-state index in [0.29, 0.717) is 37.2 Å². The number of nitrogens with zero attached hydrogens (tertiary/aromatic N) is 3.